The lowest BCUT2D eigenvalue weighted by Crippen LogP contribution is -2.01. The van der Waals surface area contributed by atoms with Crippen molar-refractivity contribution in [2.24, 2.45) is 0 Å². The predicted molar refractivity (Wildman–Crippen MR) is 105 cm³/mol. The van der Waals surface area contributed by atoms with E-state index in [-0.39, 0.29) is 16.4 Å². The summed E-state index contributed by atoms with van der Waals surface area (Å²) in [6.45, 7) is 0. The first-order chi connectivity index (χ1) is 13.6. The number of H-pyrrole nitrogens is 1. The van der Waals surface area contributed by atoms with E-state index >= 15 is 0 Å². The molecule has 2 heterocycles. The smallest absolute Gasteiger partial charge is 0.166 e. The molecular formula is C19H15ClFN5O2. The SMILES string of the molecule is COc1ccc(Nc2nc(-c3c(F)cccc3Cl)nc3cn[nH]c23)cc1OC. The van der Waals surface area contributed by atoms with Crippen LogP contribution in [0.3, 0.4) is 0 Å². The Morgan fingerprint density at radius 2 is 1.89 bits per heavy atom. The van der Waals surface area contributed by atoms with E-state index in [2.05, 4.69) is 25.5 Å². The number of fused-ring (bicyclic) bond motifs is 1. The molecule has 4 rings (SSSR count). The molecule has 0 radical (unpaired) electrons. The lowest BCUT2D eigenvalue weighted by molar-refractivity contribution is 0.355. The van der Waals surface area contributed by atoms with Gasteiger partial charge in [0, 0.05) is 11.8 Å². The van der Waals surface area contributed by atoms with Crippen molar-refractivity contribution in [3.05, 3.63) is 53.4 Å². The second kappa shape index (κ2) is 7.32. The molecule has 9 heteroatoms. The summed E-state index contributed by atoms with van der Waals surface area (Å²) in [7, 11) is 3.12. The van der Waals surface area contributed by atoms with Crippen LogP contribution in [-0.4, -0.2) is 34.4 Å². The number of methoxy groups -OCH3 is 2. The molecule has 7 nitrogen and oxygen atoms in total. The summed E-state index contributed by atoms with van der Waals surface area (Å²) in [6.07, 6.45) is 1.54. The number of ether oxygens (including phenoxy) is 2. The van der Waals surface area contributed by atoms with Crippen LogP contribution in [0.15, 0.2) is 42.6 Å². The average molecular weight is 400 g/mol. The summed E-state index contributed by atoms with van der Waals surface area (Å²) >= 11 is 6.18. The third-order valence-corrected chi connectivity index (χ3v) is 4.45. The number of nitrogens with zero attached hydrogens (tertiary/aromatic N) is 3. The Kier molecular flexibility index (Phi) is 4.70. The van der Waals surface area contributed by atoms with Crippen molar-refractivity contribution in [3.8, 4) is 22.9 Å². The van der Waals surface area contributed by atoms with Crippen LogP contribution in [0, 0.1) is 5.82 Å². The third-order valence-electron chi connectivity index (χ3n) is 4.13. The molecule has 0 bridgehead atoms. The van der Waals surface area contributed by atoms with Crippen molar-refractivity contribution in [1.82, 2.24) is 20.2 Å². The van der Waals surface area contributed by atoms with Gasteiger partial charge in [-0.25, -0.2) is 14.4 Å². The van der Waals surface area contributed by atoms with Crippen LogP contribution in [-0.2, 0) is 0 Å². The van der Waals surface area contributed by atoms with Gasteiger partial charge in [-0.2, -0.15) is 5.10 Å². The van der Waals surface area contributed by atoms with E-state index in [0.29, 0.717) is 34.0 Å². The van der Waals surface area contributed by atoms with E-state index in [0.717, 1.165) is 0 Å². The van der Waals surface area contributed by atoms with Crippen LogP contribution in [0.5, 0.6) is 11.5 Å². The molecule has 0 atom stereocenters. The molecular weight excluding hydrogens is 385 g/mol. The van der Waals surface area contributed by atoms with Crippen LogP contribution in [0.2, 0.25) is 5.02 Å². The number of aromatic amines is 1. The number of aromatic nitrogens is 4. The summed E-state index contributed by atoms with van der Waals surface area (Å²) in [4.78, 5) is 8.84. The van der Waals surface area contributed by atoms with E-state index in [1.54, 1.807) is 38.5 Å². The fraction of sp³-hybridized carbons (Fsp3) is 0.105. The summed E-state index contributed by atoms with van der Waals surface area (Å²) < 4.78 is 24.9. The fourth-order valence-corrected chi connectivity index (χ4v) is 3.05. The summed E-state index contributed by atoms with van der Waals surface area (Å²) in [6, 6.07) is 9.76. The average Bonchev–Trinajstić information content (AvgIpc) is 3.17. The predicted octanol–water partition coefficient (Wildman–Crippen LogP) is 4.57. The van der Waals surface area contributed by atoms with E-state index in [4.69, 9.17) is 21.1 Å². The molecule has 2 N–H and O–H groups in total. The van der Waals surface area contributed by atoms with E-state index < -0.39 is 5.82 Å². The molecule has 0 amide bonds. The number of anilines is 2. The van der Waals surface area contributed by atoms with Gasteiger partial charge >= 0.3 is 0 Å². The number of halogens is 2. The number of hydrogen-bond acceptors (Lipinski definition) is 6. The largest absolute Gasteiger partial charge is 0.493 e. The number of rotatable bonds is 5. The van der Waals surface area contributed by atoms with Crippen LogP contribution in [0.4, 0.5) is 15.9 Å². The molecule has 142 valence electrons. The summed E-state index contributed by atoms with van der Waals surface area (Å²) in [5, 5.41) is 10.3. The van der Waals surface area contributed by atoms with Gasteiger partial charge in [0.05, 0.1) is 31.0 Å². The lowest BCUT2D eigenvalue weighted by atomic mass is 10.2. The summed E-state index contributed by atoms with van der Waals surface area (Å²) in [5.41, 5.74) is 1.92. The molecule has 0 aliphatic heterocycles. The van der Waals surface area contributed by atoms with E-state index in [9.17, 15) is 4.39 Å². The zero-order valence-electron chi connectivity index (χ0n) is 15.0. The monoisotopic (exact) mass is 399 g/mol. The highest BCUT2D eigenvalue weighted by Crippen LogP contribution is 2.34. The fourth-order valence-electron chi connectivity index (χ4n) is 2.80. The van der Waals surface area contributed by atoms with Crippen molar-refractivity contribution < 1.29 is 13.9 Å². The second-order valence-corrected chi connectivity index (χ2v) is 6.22. The van der Waals surface area contributed by atoms with Crippen molar-refractivity contribution in [2.75, 3.05) is 19.5 Å². The third kappa shape index (κ3) is 3.18. The van der Waals surface area contributed by atoms with Gasteiger partial charge in [0.15, 0.2) is 23.1 Å². The summed E-state index contributed by atoms with van der Waals surface area (Å²) in [5.74, 6) is 1.22. The van der Waals surface area contributed by atoms with Gasteiger partial charge in [0.25, 0.3) is 0 Å². The Labute approximate surface area is 164 Å². The highest BCUT2D eigenvalue weighted by Gasteiger charge is 2.17. The van der Waals surface area contributed by atoms with Gasteiger partial charge in [-0.3, -0.25) is 5.10 Å². The maximum Gasteiger partial charge on any atom is 0.166 e. The minimum atomic E-state index is -0.507. The Bertz CT molecular complexity index is 1140. The molecule has 4 aromatic rings. The first-order valence-corrected chi connectivity index (χ1v) is 8.63. The van der Waals surface area contributed by atoms with Gasteiger partial charge in [0.2, 0.25) is 0 Å². The van der Waals surface area contributed by atoms with Gasteiger partial charge in [-0.05, 0) is 24.3 Å². The first-order valence-electron chi connectivity index (χ1n) is 8.25. The number of hydrogen-bond donors (Lipinski definition) is 2. The first kappa shape index (κ1) is 18.0. The van der Waals surface area contributed by atoms with Crippen molar-refractivity contribution in [2.45, 2.75) is 0 Å². The zero-order chi connectivity index (χ0) is 19.7. The molecule has 2 aromatic heterocycles. The van der Waals surface area contributed by atoms with E-state index in [1.807, 2.05) is 0 Å². The quantitative estimate of drug-likeness (QED) is 0.511. The molecule has 28 heavy (non-hydrogen) atoms. The van der Waals surface area contributed by atoms with Crippen LogP contribution in [0.25, 0.3) is 22.4 Å². The van der Waals surface area contributed by atoms with E-state index in [1.165, 1.54) is 18.3 Å². The van der Waals surface area contributed by atoms with Crippen LogP contribution in [0.1, 0.15) is 0 Å². The van der Waals surface area contributed by atoms with Crippen molar-refractivity contribution >= 4 is 34.1 Å². The standard InChI is InChI=1S/C19H15ClFN5O2/c1-27-14-7-6-10(8-15(14)28-2)23-19-17-13(9-22-26-17)24-18(25-19)16-11(20)4-3-5-12(16)21/h3-9H,1-2H3,(H,22,26)(H,23,24,25). The Morgan fingerprint density at radius 3 is 2.64 bits per heavy atom. The minimum absolute atomic E-state index is 0.127. The maximum atomic E-state index is 14.4. The van der Waals surface area contributed by atoms with Crippen molar-refractivity contribution in [3.63, 3.8) is 0 Å². The van der Waals surface area contributed by atoms with Crippen molar-refractivity contribution in [1.29, 1.82) is 0 Å². The molecule has 0 spiro atoms. The lowest BCUT2D eigenvalue weighted by Gasteiger charge is -2.12. The Hall–Kier alpha value is -3.39. The Morgan fingerprint density at radius 1 is 1.07 bits per heavy atom. The number of nitrogens with one attached hydrogen (secondary N) is 2. The maximum absolute atomic E-state index is 14.4. The topological polar surface area (TPSA) is 85.0 Å². The molecule has 0 aliphatic rings. The molecule has 0 unspecified atom stereocenters. The molecule has 0 saturated heterocycles. The number of benzene rings is 2. The highest BCUT2D eigenvalue weighted by molar-refractivity contribution is 6.33. The molecule has 0 fully saturated rings. The zero-order valence-corrected chi connectivity index (χ0v) is 15.7. The van der Waals surface area contributed by atoms with Gasteiger partial charge in [0.1, 0.15) is 16.9 Å². The second-order valence-electron chi connectivity index (χ2n) is 5.82. The highest BCUT2D eigenvalue weighted by atomic mass is 35.5. The van der Waals surface area contributed by atoms with Crippen LogP contribution >= 0.6 is 11.6 Å². The van der Waals surface area contributed by atoms with Gasteiger partial charge in [-0.15, -0.1) is 0 Å². The minimum Gasteiger partial charge on any atom is -0.493 e. The Balaban J connectivity index is 1.82. The molecule has 0 aliphatic carbocycles. The van der Waals surface area contributed by atoms with Gasteiger partial charge in [-0.1, -0.05) is 17.7 Å². The normalized spacial score (nSPS) is 10.9. The van der Waals surface area contributed by atoms with Gasteiger partial charge < -0.3 is 14.8 Å². The van der Waals surface area contributed by atoms with Crippen LogP contribution < -0.4 is 14.8 Å². The molecule has 2 aromatic carbocycles. The molecule has 0 saturated carbocycles.